The Morgan fingerprint density at radius 3 is 2.80 bits per heavy atom. The molecule has 0 spiro atoms. The monoisotopic (exact) mass is 339 g/mol. The second-order valence-electron chi connectivity index (χ2n) is 7.29. The van der Waals surface area contributed by atoms with Crippen LogP contribution in [0.3, 0.4) is 0 Å². The van der Waals surface area contributed by atoms with Gasteiger partial charge in [-0.25, -0.2) is 0 Å². The maximum absolute atomic E-state index is 13.0. The zero-order valence-corrected chi connectivity index (χ0v) is 14.9. The Kier molecular flexibility index (Phi) is 4.24. The topological polar surface area (TPSA) is 47.4 Å². The highest BCUT2D eigenvalue weighted by atomic mass is 16.5. The van der Waals surface area contributed by atoms with Gasteiger partial charge < -0.3 is 9.64 Å². The number of aryl methyl sites for hydroxylation is 1. The van der Waals surface area contributed by atoms with Crippen LogP contribution in [-0.4, -0.2) is 40.3 Å². The van der Waals surface area contributed by atoms with Gasteiger partial charge in [-0.3, -0.25) is 9.48 Å². The highest BCUT2D eigenvalue weighted by Crippen LogP contribution is 2.49. The Labute approximate surface area is 148 Å². The van der Waals surface area contributed by atoms with E-state index >= 15 is 0 Å². The molecule has 2 fully saturated rings. The van der Waals surface area contributed by atoms with Gasteiger partial charge >= 0.3 is 0 Å². The molecule has 1 aromatic carbocycles. The van der Waals surface area contributed by atoms with Crippen molar-refractivity contribution in [2.75, 3.05) is 13.7 Å². The van der Waals surface area contributed by atoms with Crippen molar-refractivity contribution >= 4 is 5.91 Å². The summed E-state index contributed by atoms with van der Waals surface area (Å²) in [5, 5.41) is 4.38. The molecular formula is C20H25N3O2. The van der Waals surface area contributed by atoms with Crippen molar-refractivity contribution in [2.45, 2.75) is 44.7 Å². The van der Waals surface area contributed by atoms with Crippen molar-refractivity contribution in [1.82, 2.24) is 14.7 Å². The Hall–Kier alpha value is -2.30. The predicted octanol–water partition coefficient (Wildman–Crippen LogP) is 2.99. The van der Waals surface area contributed by atoms with E-state index in [1.807, 2.05) is 29.9 Å². The van der Waals surface area contributed by atoms with Crippen molar-refractivity contribution in [3.63, 3.8) is 0 Å². The summed E-state index contributed by atoms with van der Waals surface area (Å²) in [5.74, 6) is 1.70. The third kappa shape index (κ3) is 3.28. The molecule has 3 atom stereocenters. The van der Waals surface area contributed by atoms with Crippen LogP contribution < -0.4 is 4.74 Å². The first-order valence-corrected chi connectivity index (χ1v) is 9.09. The minimum atomic E-state index is 0.147. The number of aromatic nitrogens is 2. The standard InChI is InChI=1S/C20H25N3O2/c1-14-11-21-22(12-14)13-16-4-3-9-23(16)20(24)19-10-18(19)15-5-7-17(25-2)8-6-15/h5-8,11-12,16,18-19H,3-4,9-10,13H2,1-2H3/t16-,18+,19-/m1/s1. The Balaban J connectivity index is 1.40. The van der Waals surface area contributed by atoms with Crippen molar-refractivity contribution < 1.29 is 9.53 Å². The summed E-state index contributed by atoms with van der Waals surface area (Å²) >= 11 is 0. The molecule has 2 aromatic rings. The van der Waals surface area contributed by atoms with Gasteiger partial charge in [0.15, 0.2) is 0 Å². The van der Waals surface area contributed by atoms with Crippen LogP contribution in [0.5, 0.6) is 5.75 Å². The average Bonchev–Trinajstić information content (AvgIpc) is 3.12. The van der Waals surface area contributed by atoms with Gasteiger partial charge in [-0.05, 0) is 55.4 Å². The lowest BCUT2D eigenvalue weighted by atomic mass is 10.1. The number of likely N-dealkylation sites (tertiary alicyclic amines) is 1. The Morgan fingerprint density at radius 2 is 2.12 bits per heavy atom. The van der Waals surface area contributed by atoms with Crippen LogP contribution >= 0.6 is 0 Å². The maximum atomic E-state index is 13.0. The number of carbonyl (C=O) groups is 1. The first-order chi connectivity index (χ1) is 12.2. The molecular weight excluding hydrogens is 314 g/mol. The first kappa shape index (κ1) is 16.2. The molecule has 1 aromatic heterocycles. The smallest absolute Gasteiger partial charge is 0.226 e. The predicted molar refractivity (Wildman–Crippen MR) is 95.5 cm³/mol. The molecule has 0 unspecified atom stereocenters. The number of nitrogens with zero attached hydrogens (tertiary/aromatic N) is 3. The lowest BCUT2D eigenvalue weighted by molar-refractivity contribution is -0.133. The normalized spacial score (nSPS) is 25.2. The molecule has 1 saturated carbocycles. The van der Waals surface area contributed by atoms with Crippen molar-refractivity contribution in [3.8, 4) is 5.75 Å². The van der Waals surface area contributed by atoms with Gasteiger partial charge in [-0.15, -0.1) is 0 Å². The number of hydrogen-bond donors (Lipinski definition) is 0. The van der Waals surface area contributed by atoms with E-state index < -0.39 is 0 Å². The summed E-state index contributed by atoms with van der Waals surface area (Å²) < 4.78 is 7.19. The zero-order valence-electron chi connectivity index (χ0n) is 14.9. The van der Waals surface area contributed by atoms with Crippen LogP contribution in [0.25, 0.3) is 0 Å². The van der Waals surface area contributed by atoms with Crippen molar-refractivity contribution in [1.29, 1.82) is 0 Å². The molecule has 0 bridgehead atoms. The largest absolute Gasteiger partial charge is 0.497 e. The number of rotatable bonds is 5. The van der Waals surface area contributed by atoms with Gasteiger partial charge in [0.05, 0.1) is 25.9 Å². The summed E-state index contributed by atoms with van der Waals surface area (Å²) in [4.78, 5) is 15.1. The van der Waals surface area contributed by atoms with Gasteiger partial charge in [0, 0.05) is 18.7 Å². The fourth-order valence-corrected chi connectivity index (χ4v) is 4.00. The fraction of sp³-hybridized carbons (Fsp3) is 0.500. The van der Waals surface area contributed by atoms with Gasteiger partial charge in [-0.2, -0.15) is 5.10 Å². The van der Waals surface area contributed by atoms with Gasteiger partial charge in [0.2, 0.25) is 5.91 Å². The minimum Gasteiger partial charge on any atom is -0.497 e. The summed E-state index contributed by atoms with van der Waals surface area (Å²) in [6.45, 7) is 3.74. The van der Waals surface area contributed by atoms with E-state index in [9.17, 15) is 4.79 Å². The van der Waals surface area contributed by atoms with E-state index in [0.717, 1.165) is 43.7 Å². The van der Waals surface area contributed by atoms with E-state index in [0.29, 0.717) is 11.8 Å². The van der Waals surface area contributed by atoms with Crippen molar-refractivity contribution in [2.24, 2.45) is 5.92 Å². The molecule has 1 aliphatic carbocycles. The Morgan fingerprint density at radius 1 is 1.32 bits per heavy atom. The number of hydrogen-bond acceptors (Lipinski definition) is 3. The molecule has 1 saturated heterocycles. The summed E-state index contributed by atoms with van der Waals surface area (Å²) in [5.41, 5.74) is 2.41. The van der Waals surface area contributed by atoms with Gasteiger partial charge in [0.25, 0.3) is 0 Å². The van der Waals surface area contributed by atoms with E-state index in [2.05, 4.69) is 28.3 Å². The van der Waals surface area contributed by atoms with Gasteiger partial charge in [-0.1, -0.05) is 12.1 Å². The molecule has 1 aliphatic heterocycles. The summed E-state index contributed by atoms with van der Waals surface area (Å²) in [7, 11) is 1.67. The zero-order chi connectivity index (χ0) is 17.4. The molecule has 5 heteroatoms. The number of methoxy groups -OCH3 is 1. The molecule has 5 nitrogen and oxygen atoms in total. The summed E-state index contributed by atoms with van der Waals surface area (Å²) in [6, 6.07) is 8.42. The van der Waals surface area contributed by atoms with Crippen LogP contribution in [0.1, 0.15) is 36.3 Å². The van der Waals surface area contributed by atoms with E-state index in [1.165, 1.54) is 5.56 Å². The SMILES string of the molecule is COc1ccc([C@@H]2C[C@H]2C(=O)N2CCC[C@@H]2Cn2cc(C)cn2)cc1. The molecule has 132 valence electrons. The van der Waals surface area contributed by atoms with Crippen LogP contribution in [0.15, 0.2) is 36.7 Å². The second kappa shape index (κ2) is 6.54. The molecule has 4 rings (SSSR count). The van der Waals surface area contributed by atoms with E-state index in [4.69, 9.17) is 4.74 Å². The number of carbonyl (C=O) groups excluding carboxylic acids is 1. The van der Waals surface area contributed by atoms with E-state index in [1.54, 1.807) is 7.11 Å². The molecule has 25 heavy (non-hydrogen) atoms. The van der Waals surface area contributed by atoms with Crippen molar-refractivity contribution in [3.05, 3.63) is 47.8 Å². The molecule has 2 aliphatic rings. The third-order valence-electron chi connectivity index (χ3n) is 5.47. The van der Waals surface area contributed by atoms with Crippen LogP contribution in [0.4, 0.5) is 0 Å². The number of ether oxygens (including phenoxy) is 1. The second-order valence-corrected chi connectivity index (χ2v) is 7.29. The minimum absolute atomic E-state index is 0.147. The molecule has 1 amide bonds. The number of amides is 1. The highest BCUT2D eigenvalue weighted by molar-refractivity contribution is 5.83. The lowest BCUT2D eigenvalue weighted by Gasteiger charge is -2.25. The average molecular weight is 339 g/mol. The summed E-state index contributed by atoms with van der Waals surface area (Å²) in [6.07, 6.45) is 7.07. The Bertz CT molecular complexity index is 753. The molecule has 2 heterocycles. The van der Waals surface area contributed by atoms with Crippen LogP contribution in [0, 0.1) is 12.8 Å². The lowest BCUT2D eigenvalue weighted by Crippen LogP contribution is -2.39. The highest BCUT2D eigenvalue weighted by Gasteiger charge is 2.47. The van der Waals surface area contributed by atoms with Gasteiger partial charge in [0.1, 0.15) is 5.75 Å². The van der Waals surface area contributed by atoms with E-state index in [-0.39, 0.29) is 12.0 Å². The quantitative estimate of drug-likeness (QED) is 0.841. The fourth-order valence-electron chi connectivity index (χ4n) is 4.00. The van der Waals surface area contributed by atoms with Crippen LogP contribution in [-0.2, 0) is 11.3 Å². The maximum Gasteiger partial charge on any atom is 0.226 e. The third-order valence-corrected chi connectivity index (χ3v) is 5.47. The van der Waals surface area contributed by atoms with Crippen LogP contribution in [0.2, 0.25) is 0 Å². The first-order valence-electron chi connectivity index (χ1n) is 9.09. The molecule has 0 N–H and O–H groups in total. The molecule has 0 radical (unpaired) electrons. The number of benzene rings is 1.